The van der Waals surface area contributed by atoms with Gasteiger partial charge in [0, 0.05) is 10.7 Å². The average Bonchev–Trinajstić information content (AvgIpc) is 2.50. The first-order chi connectivity index (χ1) is 7.56. The zero-order valence-electron chi connectivity index (χ0n) is 9.24. The number of nitrogens with two attached hydrogens (primary N) is 1. The van der Waals surface area contributed by atoms with E-state index in [1.165, 1.54) is 0 Å². The Balaban J connectivity index is 2.30. The second-order valence-corrected chi connectivity index (χ2v) is 4.14. The topological polar surface area (TPSA) is 56.7 Å². The second kappa shape index (κ2) is 4.14. The number of nitrogen functional groups attached to an aromatic ring is 1. The van der Waals surface area contributed by atoms with Crippen LogP contribution >= 0.6 is 11.6 Å². The van der Waals surface area contributed by atoms with Gasteiger partial charge in [0.25, 0.3) is 0 Å². The quantitative estimate of drug-likeness (QED) is 0.814. The van der Waals surface area contributed by atoms with Crippen LogP contribution in [-0.2, 0) is 6.54 Å². The Bertz CT molecular complexity index is 519. The number of aryl methyl sites for hydroxylation is 2. The summed E-state index contributed by atoms with van der Waals surface area (Å²) in [6, 6.07) is 5.48. The Kier molecular flexibility index (Phi) is 2.83. The van der Waals surface area contributed by atoms with Gasteiger partial charge in [0.05, 0.1) is 6.54 Å². The van der Waals surface area contributed by atoms with E-state index in [0.717, 1.165) is 17.2 Å². The van der Waals surface area contributed by atoms with E-state index in [1.54, 1.807) is 6.07 Å². The Labute approximate surface area is 99.1 Å². The van der Waals surface area contributed by atoms with Gasteiger partial charge in [-0.3, -0.25) is 0 Å². The van der Waals surface area contributed by atoms with Crippen molar-refractivity contribution in [3.63, 3.8) is 0 Å². The molecule has 1 heterocycles. The molecule has 84 valence electrons. The largest absolute Gasteiger partial charge is 0.398 e. The van der Waals surface area contributed by atoms with Gasteiger partial charge in [0.15, 0.2) is 0 Å². The molecule has 2 N–H and O–H groups in total. The minimum Gasteiger partial charge on any atom is -0.398 e. The Morgan fingerprint density at radius 1 is 1.38 bits per heavy atom. The van der Waals surface area contributed by atoms with E-state index >= 15 is 0 Å². The van der Waals surface area contributed by atoms with Crippen LogP contribution in [-0.4, -0.2) is 14.8 Å². The number of anilines is 1. The Morgan fingerprint density at radius 2 is 2.12 bits per heavy atom. The first-order valence-electron chi connectivity index (χ1n) is 4.98. The van der Waals surface area contributed by atoms with Gasteiger partial charge in [-0.15, -0.1) is 0 Å². The maximum absolute atomic E-state index is 5.88. The second-order valence-electron chi connectivity index (χ2n) is 3.71. The van der Waals surface area contributed by atoms with Crippen LogP contribution in [0.25, 0.3) is 0 Å². The highest BCUT2D eigenvalue weighted by atomic mass is 35.5. The molecule has 0 spiro atoms. The molecule has 0 radical (unpaired) electrons. The van der Waals surface area contributed by atoms with Crippen LogP contribution in [0.1, 0.15) is 17.2 Å². The van der Waals surface area contributed by atoms with Crippen molar-refractivity contribution < 1.29 is 0 Å². The molecular weight excluding hydrogens is 224 g/mol. The lowest BCUT2D eigenvalue weighted by Crippen LogP contribution is -2.06. The van der Waals surface area contributed by atoms with Crippen molar-refractivity contribution >= 4 is 17.3 Å². The number of nitrogens with zero attached hydrogens (tertiary/aromatic N) is 3. The summed E-state index contributed by atoms with van der Waals surface area (Å²) in [4.78, 5) is 4.24. The van der Waals surface area contributed by atoms with Crippen LogP contribution in [0.15, 0.2) is 18.2 Å². The summed E-state index contributed by atoms with van der Waals surface area (Å²) in [6.45, 7) is 4.41. The van der Waals surface area contributed by atoms with E-state index in [1.807, 2.05) is 30.7 Å². The van der Waals surface area contributed by atoms with E-state index in [4.69, 9.17) is 17.3 Å². The molecule has 4 nitrogen and oxygen atoms in total. The third kappa shape index (κ3) is 2.17. The van der Waals surface area contributed by atoms with Crippen LogP contribution in [0.2, 0.25) is 5.02 Å². The van der Waals surface area contributed by atoms with Crippen molar-refractivity contribution in [1.29, 1.82) is 0 Å². The van der Waals surface area contributed by atoms with Crippen LogP contribution in [0.4, 0.5) is 5.69 Å². The molecule has 1 aromatic carbocycles. The van der Waals surface area contributed by atoms with Crippen LogP contribution in [0.3, 0.4) is 0 Å². The lowest BCUT2D eigenvalue weighted by Gasteiger charge is -2.07. The number of rotatable bonds is 2. The molecule has 0 atom stereocenters. The van der Waals surface area contributed by atoms with Gasteiger partial charge in [-0.25, -0.2) is 9.67 Å². The molecule has 2 aromatic rings. The van der Waals surface area contributed by atoms with Crippen molar-refractivity contribution in [3.05, 3.63) is 40.4 Å². The van der Waals surface area contributed by atoms with E-state index in [2.05, 4.69) is 10.1 Å². The molecule has 0 fully saturated rings. The molecule has 0 aliphatic rings. The molecule has 0 bridgehead atoms. The van der Waals surface area contributed by atoms with Crippen molar-refractivity contribution in [1.82, 2.24) is 14.8 Å². The molecule has 0 saturated heterocycles. The summed E-state index contributed by atoms with van der Waals surface area (Å²) in [5.74, 6) is 1.65. The van der Waals surface area contributed by atoms with E-state index < -0.39 is 0 Å². The lowest BCUT2D eigenvalue weighted by molar-refractivity contribution is 0.657. The fourth-order valence-electron chi connectivity index (χ4n) is 1.58. The number of hydrogen-bond donors (Lipinski definition) is 1. The fraction of sp³-hybridized carbons (Fsp3) is 0.273. The molecular formula is C11H13ClN4. The van der Waals surface area contributed by atoms with E-state index in [0.29, 0.717) is 17.3 Å². The van der Waals surface area contributed by atoms with Gasteiger partial charge in [-0.05, 0) is 31.5 Å². The van der Waals surface area contributed by atoms with Gasteiger partial charge in [0.2, 0.25) is 0 Å². The maximum atomic E-state index is 5.88. The highest BCUT2D eigenvalue weighted by Crippen LogP contribution is 2.19. The molecule has 0 unspecified atom stereocenters. The maximum Gasteiger partial charge on any atom is 0.147 e. The zero-order chi connectivity index (χ0) is 11.7. The van der Waals surface area contributed by atoms with Crippen molar-refractivity contribution in [3.8, 4) is 0 Å². The smallest absolute Gasteiger partial charge is 0.147 e. The molecule has 0 aliphatic carbocycles. The zero-order valence-corrected chi connectivity index (χ0v) is 9.99. The minimum atomic E-state index is 0.621. The molecule has 1 aromatic heterocycles. The average molecular weight is 237 g/mol. The van der Waals surface area contributed by atoms with Gasteiger partial charge in [-0.2, -0.15) is 5.10 Å². The van der Waals surface area contributed by atoms with Crippen molar-refractivity contribution in [2.45, 2.75) is 20.4 Å². The number of hydrogen-bond acceptors (Lipinski definition) is 3. The third-order valence-electron chi connectivity index (χ3n) is 2.39. The summed E-state index contributed by atoms with van der Waals surface area (Å²) >= 11 is 5.84. The molecule has 0 aliphatic heterocycles. The standard InChI is InChI=1S/C11H13ClN4/c1-7-14-8(2)16(15-7)6-9-3-4-10(12)5-11(9)13/h3-5H,6,13H2,1-2H3. The monoisotopic (exact) mass is 236 g/mol. The summed E-state index contributed by atoms with van der Waals surface area (Å²) in [5, 5.41) is 4.93. The highest BCUT2D eigenvalue weighted by Gasteiger charge is 2.06. The normalized spacial score (nSPS) is 10.7. The molecule has 0 amide bonds. The Hall–Kier alpha value is -1.55. The van der Waals surface area contributed by atoms with Gasteiger partial charge in [0.1, 0.15) is 11.6 Å². The first kappa shape index (κ1) is 11.0. The Morgan fingerprint density at radius 3 is 2.69 bits per heavy atom. The van der Waals surface area contributed by atoms with Gasteiger partial charge < -0.3 is 5.73 Å². The van der Waals surface area contributed by atoms with Crippen LogP contribution < -0.4 is 5.73 Å². The summed E-state index contributed by atoms with van der Waals surface area (Å²) < 4.78 is 1.83. The number of halogens is 1. The molecule has 2 rings (SSSR count). The van der Waals surface area contributed by atoms with Gasteiger partial charge >= 0.3 is 0 Å². The predicted molar refractivity (Wildman–Crippen MR) is 64.5 cm³/mol. The predicted octanol–water partition coefficient (Wildman–Crippen LogP) is 2.18. The van der Waals surface area contributed by atoms with E-state index in [-0.39, 0.29) is 0 Å². The molecule has 0 saturated carbocycles. The van der Waals surface area contributed by atoms with Crippen LogP contribution in [0.5, 0.6) is 0 Å². The minimum absolute atomic E-state index is 0.621. The van der Waals surface area contributed by atoms with Crippen molar-refractivity contribution in [2.75, 3.05) is 5.73 Å². The lowest BCUT2D eigenvalue weighted by atomic mass is 10.2. The molecule has 16 heavy (non-hydrogen) atoms. The van der Waals surface area contributed by atoms with Gasteiger partial charge in [-0.1, -0.05) is 17.7 Å². The summed E-state index contributed by atoms with van der Waals surface area (Å²) in [6.07, 6.45) is 0. The van der Waals surface area contributed by atoms with Crippen LogP contribution in [0, 0.1) is 13.8 Å². The summed E-state index contributed by atoms with van der Waals surface area (Å²) in [7, 11) is 0. The number of aromatic nitrogens is 3. The first-order valence-corrected chi connectivity index (χ1v) is 5.36. The highest BCUT2D eigenvalue weighted by molar-refractivity contribution is 6.30. The SMILES string of the molecule is Cc1nc(C)n(Cc2ccc(Cl)cc2N)n1. The van der Waals surface area contributed by atoms with Crippen molar-refractivity contribution in [2.24, 2.45) is 0 Å². The number of benzene rings is 1. The third-order valence-corrected chi connectivity index (χ3v) is 2.63. The summed E-state index contributed by atoms with van der Waals surface area (Å²) in [5.41, 5.74) is 7.56. The fourth-order valence-corrected chi connectivity index (χ4v) is 1.76. The molecule has 5 heteroatoms. The van der Waals surface area contributed by atoms with E-state index in [9.17, 15) is 0 Å².